The summed E-state index contributed by atoms with van der Waals surface area (Å²) < 4.78 is 0. The number of aromatic nitrogens is 1. The molecule has 1 amide bonds. The maximum absolute atomic E-state index is 12.3. The molecule has 0 radical (unpaired) electrons. The Morgan fingerprint density at radius 3 is 2.35 bits per heavy atom. The highest BCUT2D eigenvalue weighted by molar-refractivity contribution is 6.08. The Labute approximate surface area is 152 Å². The van der Waals surface area contributed by atoms with Crippen molar-refractivity contribution in [2.24, 2.45) is 0 Å². The molecular weight excluding hydrogens is 324 g/mol. The number of amides is 1. The minimum absolute atomic E-state index is 0.0987. The van der Waals surface area contributed by atoms with Crippen LogP contribution in [0.15, 0.2) is 79.1 Å². The number of benzene rings is 2. The van der Waals surface area contributed by atoms with E-state index < -0.39 is 0 Å². The number of pyridine rings is 1. The molecule has 26 heavy (non-hydrogen) atoms. The third kappa shape index (κ3) is 4.51. The molecule has 3 aromatic rings. The normalized spacial score (nSPS) is 10.7. The number of rotatable bonds is 5. The SMILES string of the molecule is Cc1cccc(C(=O)Nc2ccc(C(=O)C=Cc3ccncc3)cc2)c1. The van der Waals surface area contributed by atoms with Crippen LogP contribution < -0.4 is 5.32 Å². The molecule has 1 N–H and O–H groups in total. The summed E-state index contributed by atoms with van der Waals surface area (Å²) in [5.41, 5.74) is 3.75. The lowest BCUT2D eigenvalue weighted by molar-refractivity contribution is 0.102. The molecule has 0 unspecified atom stereocenters. The highest BCUT2D eigenvalue weighted by Gasteiger charge is 2.07. The Morgan fingerprint density at radius 2 is 1.65 bits per heavy atom. The summed E-state index contributed by atoms with van der Waals surface area (Å²) in [6.07, 6.45) is 6.62. The van der Waals surface area contributed by atoms with Gasteiger partial charge in [0.25, 0.3) is 5.91 Å². The van der Waals surface area contributed by atoms with Crippen molar-refractivity contribution in [2.75, 3.05) is 5.32 Å². The number of carbonyl (C=O) groups is 2. The summed E-state index contributed by atoms with van der Waals surface area (Å²) >= 11 is 0. The summed E-state index contributed by atoms with van der Waals surface area (Å²) in [5.74, 6) is -0.274. The van der Waals surface area contributed by atoms with Gasteiger partial charge in [0, 0.05) is 29.2 Å². The number of ketones is 1. The Hall–Kier alpha value is -3.53. The van der Waals surface area contributed by atoms with Gasteiger partial charge >= 0.3 is 0 Å². The van der Waals surface area contributed by atoms with Gasteiger partial charge in [-0.3, -0.25) is 14.6 Å². The van der Waals surface area contributed by atoms with Gasteiger partial charge in [0.05, 0.1) is 0 Å². The van der Waals surface area contributed by atoms with Crippen LogP contribution in [0.1, 0.15) is 31.8 Å². The Kier molecular flexibility index (Phi) is 5.34. The molecule has 0 saturated heterocycles. The maximum Gasteiger partial charge on any atom is 0.255 e. The molecule has 4 nitrogen and oxygen atoms in total. The van der Waals surface area contributed by atoms with E-state index in [2.05, 4.69) is 10.3 Å². The minimum atomic E-state index is -0.176. The first-order valence-electron chi connectivity index (χ1n) is 8.22. The van der Waals surface area contributed by atoms with E-state index >= 15 is 0 Å². The van der Waals surface area contributed by atoms with Crippen LogP contribution >= 0.6 is 0 Å². The van der Waals surface area contributed by atoms with Crippen molar-refractivity contribution in [2.45, 2.75) is 6.92 Å². The molecule has 1 aromatic heterocycles. The van der Waals surface area contributed by atoms with Gasteiger partial charge in [0.1, 0.15) is 0 Å². The van der Waals surface area contributed by atoms with E-state index in [0.29, 0.717) is 16.8 Å². The highest BCUT2D eigenvalue weighted by Crippen LogP contribution is 2.13. The largest absolute Gasteiger partial charge is 0.322 e. The topological polar surface area (TPSA) is 59.1 Å². The fourth-order valence-corrected chi connectivity index (χ4v) is 2.45. The number of anilines is 1. The molecule has 0 spiro atoms. The lowest BCUT2D eigenvalue weighted by Gasteiger charge is -2.06. The average molecular weight is 342 g/mol. The number of aryl methyl sites for hydroxylation is 1. The van der Waals surface area contributed by atoms with Crippen molar-refractivity contribution >= 4 is 23.5 Å². The van der Waals surface area contributed by atoms with Crippen LogP contribution in [0.5, 0.6) is 0 Å². The van der Waals surface area contributed by atoms with Crippen molar-refractivity contribution in [1.29, 1.82) is 0 Å². The van der Waals surface area contributed by atoms with Crippen LogP contribution in [-0.2, 0) is 0 Å². The summed E-state index contributed by atoms with van der Waals surface area (Å²) in [6, 6.07) is 17.9. The first-order valence-corrected chi connectivity index (χ1v) is 8.22. The molecule has 0 atom stereocenters. The van der Waals surface area contributed by atoms with Gasteiger partial charge in [-0.1, -0.05) is 23.8 Å². The molecule has 128 valence electrons. The number of nitrogens with zero attached hydrogens (tertiary/aromatic N) is 1. The predicted molar refractivity (Wildman–Crippen MR) is 103 cm³/mol. The van der Waals surface area contributed by atoms with Gasteiger partial charge in [0.15, 0.2) is 5.78 Å². The minimum Gasteiger partial charge on any atom is -0.322 e. The van der Waals surface area contributed by atoms with Gasteiger partial charge in [0.2, 0.25) is 0 Å². The summed E-state index contributed by atoms with van der Waals surface area (Å²) in [5, 5.41) is 2.83. The van der Waals surface area contributed by atoms with E-state index in [1.54, 1.807) is 48.8 Å². The predicted octanol–water partition coefficient (Wildman–Crippen LogP) is 4.54. The molecule has 1 heterocycles. The molecule has 4 heteroatoms. The zero-order valence-corrected chi connectivity index (χ0v) is 14.3. The second kappa shape index (κ2) is 8.03. The Bertz CT molecular complexity index is 945. The molecule has 0 aliphatic heterocycles. The number of allylic oxidation sites excluding steroid dienone is 1. The van der Waals surface area contributed by atoms with Crippen molar-refractivity contribution in [3.63, 3.8) is 0 Å². The third-order valence-electron chi connectivity index (χ3n) is 3.84. The van der Waals surface area contributed by atoms with E-state index in [9.17, 15) is 9.59 Å². The smallest absolute Gasteiger partial charge is 0.255 e. The maximum atomic E-state index is 12.3. The monoisotopic (exact) mass is 342 g/mol. The van der Waals surface area contributed by atoms with E-state index in [-0.39, 0.29) is 11.7 Å². The molecule has 2 aromatic carbocycles. The summed E-state index contributed by atoms with van der Waals surface area (Å²) in [4.78, 5) is 28.4. The van der Waals surface area contributed by atoms with Gasteiger partial charge in [-0.25, -0.2) is 0 Å². The fourth-order valence-electron chi connectivity index (χ4n) is 2.45. The third-order valence-corrected chi connectivity index (χ3v) is 3.84. The first kappa shape index (κ1) is 17.3. The van der Waals surface area contributed by atoms with Crippen LogP contribution in [0.2, 0.25) is 0 Å². The lowest BCUT2D eigenvalue weighted by atomic mass is 10.1. The zero-order valence-electron chi connectivity index (χ0n) is 14.3. The van der Waals surface area contributed by atoms with E-state index in [4.69, 9.17) is 0 Å². The quantitative estimate of drug-likeness (QED) is 0.547. The molecule has 0 bridgehead atoms. The van der Waals surface area contributed by atoms with Crippen LogP contribution in [-0.4, -0.2) is 16.7 Å². The molecular formula is C22H18N2O2. The van der Waals surface area contributed by atoms with E-state index in [1.807, 2.05) is 37.3 Å². The van der Waals surface area contributed by atoms with Crippen molar-refractivity contribution < 1.29 is 9.59 Å². The van der Waals surface area contributed by atoms with Gasteiger partial charge in [-0.05, 0) is 67.1 Å². The van der Waals surface area contributed by atoms with E-state index in [1.165, 1.54) is 6.08 Å². The first-order chi connectivity index (χ1) is 12.6. The Balaban J connectivity index is 1.65. The van der Waals surface area contributed by atoms with Crippen molar-refractivity contribution in [1.82, 2.24) is 4.98 Å². The van der Waals surface area contributed by atoms with Crippen LogP contribution in [0, 0.1) is 6.92 Å². The number of hydrogen-bond donors (Lipinski definition) is 1. The summed E-state index contributed by atoms with van der Waals surface area (Å²) in [7, 11) is 0. The highest BCUT2D eigenvalue weighted by atomic mass is 16.1. The van der Waals surface area contributed by atoms with E-state index in [0.717, 1.165) is 11.1 Å². The molecule has 0 fully saturated rings. The van der Waals surface area contributed by atoms with Crippen molar-refractivity contribution in [3.05, 3.63) is 101 Å². The van der Waals surface area contributed by atoms with Gasteiger partial charge in [-0.2, -0.15) is 0 Å². The number of nitrogens with one attached hydrogen (secondary N) is 1. The second-order valence-electron chi connectivity index (χ2n) is 5.88. The summed E-state index contributed by atoms with van der Waals surface area (Å²) in [6.45, 7) is 1.94. The zero-order chi connectivity index (χ0) is 18.4. The fraction of sp³-hybridized carbons (Fsp3) is 0.0455. The van der Waals surface area contributed by atoms with Crippen molar-refractivity contribution in [3.8, 4) is 0 Å². The van der Waals surface area contributed by atoms with Crippen LogP contribution in [0.3, 0.4) is 0 Å². The molecule has 0 aliphatic carbocycles. The Morgan fingerprint density at radius 1 is 0.923 bits per heavy atom. The number of carbonyl (C=O) groups excluding carboxylic acids is 2. The standard InChI is InChI=1S/C22H18N2O2/c1-16-3-2-4-19(15-16)22(26)24-20-8-6-18(7-9-20)21(25)10-5-17-11-13-23-14-12-17/h2-15H,1H3,(H,24,26). The van der Waals surface area contributed by atoms with Crippen LogP contribution in [0.4, 0.5) is 5.69 Å². The van der Waals surface area contributed by atoms with Gasteiger partial charge < -0.3 is 5.32 Å². The molecule has 3 rings (SSSR count). The number of hydrogen-bond acceptors (Lipinski definition) is 3. The molecule has 0 aliphatic rings. The van der Waals surface area contributed by atoms with Gasteiger partial charge in [-0.15, -0.1) is 0 Å². The lowest BCUT2D eigenvalue weighted by Crippen LogP contribution is -2.12. The second-order valence-corrected chi connectivity index (χ2v) is 5.88. The average Bonchev–Trinajstić information content (AvgIpc) is 2.67. The van der Waals surface area contributed by atoms with Crippen LogP contribution in [0.25, 0.3) is 6.08 Å². The molecule has 0 saturated carbocycles.